The minimum absolute atomic E-state index is 0.0169. The summed E-state index contributed by atoms with van der Waals surface area (Å²) in [4.78, 5) is 24.9. The van der Waals surface area contributed by atoms with E-state index in [-0.39, 0.29) is 11.8 Å². The molecule has 0 aromatic rings. The van der Waals surface area contributed by atoms with Gasteiger partial charge in [-0.2, -0.15) is 0 Å². The van der Waals surface area contributed by atoms with Crippen LogP contribution in [0.15, 0.2) is 36.0 Å². The first-order valence-electron chi connectivity index (χ1n) is 7.21. The monoisotopic (exact) mass is 290 g/mol. The van der Waals surface area contributed by atoms with E-state index < -0.39 is 17.4 Å². The van der Waals surface area contributed by atoms with Crippen molar-refractivity contribution in [3.8, 4) is 0 Å². The minimum atomic E-state index is -1.35. The first kappa shape index (κ1) is 15.5. The van der Waals surface area contributed by atoms with Gasteiger partial charge in [-0.15, -0.1) is 0 Å². The molecular formula is C17H22O4. The molecule has 114 valence electrons. The number of ether oxygens (including phenoxy) is 2. The molecule has 0 aromatic carbocycles. The standard InChI is InChI=1S/C17H22O4/c1-11(2)13-10-17(15(18)20-3,16(19)21-4)14-9-7-5-6-8-12(13)14/h6,8,10,12,14H,1,5,7,9H2,2-4H3/t12-,14+/m0/s1. The minimum Gasteiger partial charge on any atom is -0.468 e. The molecule has 2 rings (SSSR count). The van der Waals surface area contributed by atoms with Crippen LogP contribution in [0.4, 0.5) is 0 Å². The molecule has 0 aromatic heterocycles. The van der Waals surface area contributed by atoms with Gasteiger partial charge in [0, 0.05) is 5.92 Å². The largest absolute Gasteiger partial charge is 0.468 e. The lowest BCUT2D eigenvalue weighted by Crippen LogP contribution is -2.45. The molecule has 0 fully saturated rings. The molecule has 0 heterocycles. The average Bonchev–Trinajstić information content (AvgIpc) is 2.63. The van der Waals surface area contributed by atoms with E-state index in [1.165, 1.54) is 14.2 Å². The lowest BCUT2D eigenvalue weighted by molar-refractivity contribution is -0.169. The second-order valence-corrected chi connectivity index (χ2v) is 5.72. The summed E-state index contributed by atoms with van der Waals surface area (Å²) in [5.41, 5.74) is 0.456. The van der Waals surface area contributed by atoms with Gasteiger partial charge in [0.05, 0.1) is 14.2 Å². The van der Waals surface area contributed by atoms with Crippen LogP contribution in [0.2, 0.25) is 0 Å². The molecule has 2 aliphatic rings. The molecule has 0 bridgehead atoms. The van der Waals surface area contributed by atoms with Crippen molar-refractivity contribution in [2.24, 2.45) is 17.3 Å². The number of carbonyl (C=O) groups is 2. The van der Waals surface area contributed by atoms with Crippen LogP contribution in [0.25, 0.3) is 0 Å². The van der Waals surface area contributed by atoms with Gasteiger partial charge in [0.1, 0.15) is 0 Å². The van der Waals surface area contributed by atoms with Gasteiger partial charge < -0.3 is 9.47 Å². The summed E-state index contributed by atoms with van der Waals surface area (Å²) in [5.74, 6) is -1.24. The fraction of sp³-hybridized carbons (Fsp3) is 0.529. The summed E-state index contributed by atoms with van der Waals surface area (Å²) < 4.78 is 9.88. The molecule has 0 amide bonds. The Labute approximate surface area is 125 Å². The third-order valence-electron chi connectivity index (χ3n) is 4.53. The Hall–Kier alpha value is -1.84. The Bertz CT molecular complexity index is 511. The predicted octanol–water partition coefficient (Wildman–Crippen LogP) is 2.81. The zero-order valence-corrected chi connectivity index (χ0v) is 12.8. The van der Waals surface area contributed by atoms with Gasteiger partial charge in [-0.25, -0.2) is 0 Å². The molecule has 21 heavy (non-hydrogen) atoms. The zero-order valence-electron chi connectivity index (χ0n) is 12.8. The van der Waals surface area contributed by atoms with Crippen LogP contribution >= 0.6 is 0 Å². The molecule has 2 aliphatic carbocycles. The Balaban J connectivity index is 2.62. The maximum atomic E-state index is 12.5. The summed E-state index contributed by atoms with van der Waals surface area (Å²) in [6.07, 6.45) is 8.59. The molecule has 4 heteroatoms. The molecule has 0 N–H and O–H groups in total. The van der Waals surface area contributed by atoms with Crippen molar-refractivity contribution in [1.82, 2.24) is 0 Å². The molecule has 0 spiro atoms. The van der Waals surface area contributed by atoms with Crippen LogP contribution in [0.5, 0.6) is 0 Å². The molecule has 0 unspecified atom stereocenters. The highest BCUT2D eigenvalue weighted by Gasteiger charge is 2.59. The number of fused-ring (bicyclic) bond motifs is 1. The van der Waals surface area contributed by atoms with Gasteiger partial charge >= 0.3 is 11.9 Å². The van der Waals surface area contributed by atoms with E-state index in [9.17, 15) is 9.59 Å². The predicted molar refractivity (Wildman–Crippen MR) is 79.3 cm³/mol. The van der Waals surface area contributed by atoms with Crippen LogP contribution in [0, 0.1) is 17.3 Å². The second-order valence-electron chi connectivity index (χ2n) is 5.72. The Morgan fingerprint density at radius 2 is 1.90 bits per heavy atom. The first-order valence-corrected chi connectivity index (χ1v) is 7.21. The number of allylic oxidation sites excluding steroid dienone is 4. The maximum absolute atomic E-state index is 12.5. The van der Waals surface area contributed by atoms with Gasteiger partial charge in [0.2, 0.25) is 0 Å². The van der Waals surface area contributed by atoms with Crippen molar-refractivity contribution in [3.63, 3.8) is 0 Å². The van der Waals surface area contributed by atoms with Crippen LogP contribution in [-0.4, -0.2) is 26.2 Å². The van der Waals surface area contributed by atoms with Crippen LogP contribution in [-0.2, 0) is 19.1 Å². The Kier molecular flexibility index (Phi) is 4.35. The van der Waals surface area contributed by atoms with Gasteiger partial charge in [-0.3, -0.25) is 9.59 Å². The van der Waals surface area contributed by atoms with Crippen molar-refractivity contribution >= 4 is 11.9 Å². The molecule has 0 saturated carbocycles. The molecule has 2 atom stereocenters. The first-order chi connectivity index (χ1) is 9.98. The second kappa shape index (κ2) is 5.88. The summed E-state index contributed by atoms with van der Waals surface area (Å²) in [5, 5.41) is 0. The average molecular weight is 290 g/mol. The van der Waals surface area contributed by atoms with Gasteiger partial charge in [0.15, 0.2) is 5.41 Å². The number of carbonyl (C=O) groups excluding carboxylic acids is 2. The SMILES string of the molecule is C=C(C)C1=CC(C(=O)OC)(C(=O)OC)[C@@H]2CCCC=C[C@@H]12. The highest BCUT2D eigenvalue weighted by atomic mass is 16.5. The topological polar surface area (TPSA) is 52.6 Å². The smallest absolute Gasteiger partial charge is 0.327 e. The van der Waals surface area contributed by atoms with Gasteiger partial charge in [-0.05, 0) is 37.7 Å². The lowest BCUT2D eigenvalue weighted by Gasteiger charge is -2.31. The maximum Gasteiger partial charge on any atom is 0.327 e. The normalized spacial score (nSPS) is 26.3. The van der Waals surface area contributed by atoms with E-state index in [2.05, 4.69) is 18.7 Å². The summed E-state index contributed by atoms with van der Waals surface area (Å²) in [6.45, 7) is 5.88. The van der Waals surface area contributed by atoms with E-state index in [0.717, 1.165) is 30.4 Å². The highest BCUT2D eigenvalue weighted by molar-refractivity contribution is 6.04. The molecule has 0 aliphatic heterocycles. The molecule has 4 nitrogen and oxygen atoms in total. The third kappa shape index (κ3) is 2.33. The molecule has 0 saturated heterocycles. The quantitative estimate of drug-likeness (QED) is 0.455. The number of esters is 2. The van der Waals surface area contributed by atoms with Crippen molar-refractivity contribution in [1.29, 1.82) is 0 Å². The van der Waals surface area contributed by atoms with E-state index in [0.29, 0.717) is 0 Å². The van der Waals surface area contributed by atoms with Crippen LogP contribution in [0.1, 0.15) is 26.2 Å². The van der Waals surface area contributed by atoms with Crippen LogP contribution < -0.4 is 0 Å². The zero-order chi connectivity index (χ0) is 15.6. The third-order valence-corrected chi connectivity index (χ3v) is 4.53. The highest BCUT2D eigenvalue weighted by Crippen LogP contribution is 2.52. The fourth-order valence-corrected chi connectivity index (χ4v) is 3.54. The van der Waals surface area contributed by atoms with Gasteiger partial charge in [-0.1, -0.05) is 30.4 Å². The number of hydrogen-bond acceptors (Lipinski definition) is 4. The van der Waals surface area contributed by atoms with E-state index >= 15 is 0 Å². The fourth-order valence-electron chi connectivity index (χ4n) is 3.54. The lowest BCUT2D eigenvalue weighted by atomic mass is 9.72. The Morgan fingerprint density at radius 3 is 2.43 bits per heavy atom. The summed E-state index contributed by atoms with van der Waals surface area (Å²) in [7, 11) is 2.61. The van der Waals surface area contributed by atoms with Crippen molar-refractivity contribution in [2.45, 2.75) is 26.2 Å². The summed E-state index contributed by atoms with van der Waals surface area (Å²) in [6, 6.07) is 0. The molecular weight excluding hydrogens is 268 g/mol. The van der Waals surface area contributed by atoms with Crippen molar-refractivity contribution in [2.75, 3.05) is 14.2 Å². The Morgan fingerprint density at radius 1 is 1.29 bits per heavy atom. The number of rotatable bonds is 3. The number of methoxy groups -OCH3 is 2. The van der Waals surface area contributed by atoms with Crippen molar-refractivity contribution < 1.29 is 19.1 Å². The van der Waals surface area contributed by atoms with Crippen LogP contribution in [0.3, 0.4) is 0 Å². The number of hydrogen-bond donors (Lipinski definition) is 0. The van der Waals surface area contributed by atoms with Crippen molar-refractivity contribution in [3.05, 3.63) is 36.0 Å². The molecule has 0 radical (unpaired) electrons. The van der Waals surface area contributed by atoms with Gasteiger partial charge in [0.25, 0.3) is 0 Å². The van der Waals surface area contributed by atoms with E-state index in [1.54, 1.807) is 6.08 Å². The van der Waals surface area contributed by atoms with E-state index in [4.69, 9.17) is 9.47 Å². The van der Waals surface area contributed by atoms with E-state index in [1.807, 2.05) is 6.92 Å². The summed E-state index contributed by atoms with van der Waals surface area (Å²) >= 11 is 0.